The Bertz CT molecular complexity index is 1320. The van der Waals surface area contributed by atoms with Gasteiger partial charge < -0.3 is 9.30 Å². The van der Waals surface area contributed by atoms with Crippen LogP contribution in [0.5, 0.6) is 0 Å². The second kappa shape index (κ2) is 9.41. The molecule has 0 spiro atoms. The lowest BCUT2D eigenvalue weighted by Crippen LogP contribution is -2.41. The molecule has 0 bridgehead atoms. The van der Waals surface area contributed by atoms with E-state index in [1.165, 1.54) is 21.0 Å². The summed E-state index contributed by atoms with van der Waals surface area (Å²) in [5.74, 6) is -1.59. The number of hydrogen-bond donors (Lipinski definition) is 0. The van der Waals surface area contributed by atoms with E-state index >= 15 is 0 Å². The van der Waals surface area contributed by atoms with Crippen LogP contribution < -0.4 is 4.80 Å². The summed E-state index contributed by atoms with van der Waals surface area (Å²) in [6.45, 7) is 2.09. The zero-order valence-corrected chi connectivity index (χ0v) is 20.4. The summed E-state index contributed by atoms with van der Waals surface area (Å²) in [4.78, 5) is 29.6. The number of sulfonamides is 1. The van der Waals surface area contributed by atoms with Crippen molar-refractivity contribution >= 4 is 53.3 Å². The predicted octanol–water partition coefficient (Wildman–Crippen LogP) is 0.768. The summed E-state index contributed by atoms with van der Waals surface area (Å²) in [6, 6.07) is 4.48. The Hall–Kier alpha value is -2.09. The van der Waals surface area contributed by atoms with Gasteiger partial charge in [-0.05, 0) is 38.0 Å². The Morgan fingerprint density at radius 2 is 1.94 bits per heavy atom. The molecular formula is C19H25N3O7S3. The zero-order chi connectivity index (χ0) is 23.7. The normalized spacial score (nSPS) is 18.7. The molecule has 0 aliphatic carbocycles. The molecule has 1 saturated heterocycles. The fourth-order valence-electron chi connectivity index (χ4n) is 3.49. The van der Waals surface area contributed by atoms with Crippen molar-refractivity contribution in [2.75, 3.05) is 32.2 Å². The fraction of sp³-hybridized carbons (Fsp3) is 0.526. The van der Waals surface area contributed by atoms with Gasteiger partial charge in [0.25, 0.3) is 5.91 Å². The van der Waals surface area contributed by atoms with E-state index < -0.39 is 37.7 Å². The molecule has 176 valence electrons. The Labute approximate surface area is 190 Å². The third-order valence-corrected chi connectivity index (χ3v) is 8.50. The van der Waals surface area contributed by atoms with Gasteiger partial charge in [-0.2, -0.15) is 4.99 Å². The number of rotatable bonds is 6. The number of piperidine rings is 1. The number of carbonyl (C=O) groups excluding carboxylic acids is 2. The van der Waals surface area contributed by atoms with E-state index in [1.54, 1.807) is 13.0 Å². The Morgan fingerprint density at radius 1 is 1.22 bits per heavy atom. The van der Waals surface area contributed by atoms with Crippen molar-refractivity contribution in [1.82, 2.24) is 8.87 Å². The molecule has 0 radical (unpaired) electrons. The van der Waals surface area contributed by atoms with Gasteiger partial charge in [0.1, 0.15) is 6.54 Å². The number of aromatic nitrogens is 1. The lowest BCUT2D eigenvalue weighted by molar-refractivity contribution is -0.143. The molecule has 1 unspecified atom stereocenters. The number of benzene rings is 1. The molecule has 10 nitrogen and oxygen atoms in total. The minimum Gasteiger partial charge on any atom is -0.465 e. The van der Waals surface area contributed by atoms with Crippen LogP contribution in [0.1, 0.15) is 19.8 Å². The molecule has 32 heavy (non-hydrogen) atoms. The maximum Gasteiger partial charge on any atom is 0.326 e. The molecule has 0 N–H and O–H groups in total. The monoisotopic (exact) mass is 503 g/mol. The summed E-state index contributed by atoms with van der Waals surface area (Å²) < 4.78 is 55.9. The van der Waals surface area contributed by atoms with Crippen LogP contribution in [0.15, 0.2) is 28.1 Å². The zero-order valence-electron chi connectivity index (χ0n) is 18.0. The van der Waals surface area contributed by atoms with E-state index in [1.807, 2.05) is 0 Å². The number of ether oxygens (including phenoxy) is 1. The first-order valence-corrected chi connectivity index (χ1v) is 14.5. The van der Waals surface area contributed by atoms with E-state index in [0.29, 0.717) is 29.6 Å². The van der Waals surface area contributed by atoms with E-state index in [9.17, 15) is 26.4 Å². The summed E-state index contributed by atoms with van der Waals surface area (Å²) in [5, 5.41) is 0. The summed E-state index contributed by atoms with van der Waals surface area (Å²) in [5.41, 5.74) is 0.545. The van der Waals surface area contributed by atoms with Crippen LogP contribution >= 0.6 is 11.3 Å². The molecule has 1 fully saturated rings. The predicted molar refractivity (Wildman–Crippen MR) is 119 cm³/mol. The quantitative estimate of drug-likeness (QED) is 0.532. The van der Waals surface area contributed by atoms with Crippen molar-refractivity contribution in [3.63, 3.8) is 0 Å². The highest BCUT2D eigenvalue weighted by Crippen LogP contribution is 2.23. The highest BCUT2D eigenvalue weighted by Gasteiger charge is 2.30. The van der Waals surface area contributed by atoms with Crippen molar-refractivity contribution in [3.8, 4) is 0 Å². The number of thiazole rings is 1. The molecule has 0 saturated carbocycles. The van der Waals surface area contributed by atoms with Crippen molar-refractivity contribution in [3.05, 3.63) is 23.0 Å². The lowest BCUT2D eigenvalue weighted by Gasteiger charge is -2.28. The third kappa shape index (κ3) is 5.63. The number of amides is 1. The number of carbonyl (C=O) groups is 2. The summed E-state index contributed by atoms with van der Waals surface area (Å²) >= 11 is 1.08. The SMILES string of the molecule is CCOC(=O)Cn1c(=NC(=O)C2CCCN(S(C)(=O)=O)C2)sc2cc(S(C)(=O)=O)ccc21. The van der Waals surface area contributed by atoms with Crippen molar-refractivity contribution in [1.29, 1.82) is 0 Å². The Morgan fingerprint density at radius 3 is 2.56 bits per heavy atom. The van der Waals surface area contributed by atoms with Crippen molar-refractivity contribution in [2.24, 2.45) is 10.9 Å². The van der Waals surface area contributed by atoms with Crippen LogP contribution in [0, 0.1) is 5.92 Å². The Balaban J connectivity index is 2.05. The third-order valence-electron chi connectivity index (χ3n) is 5.08. The molecule has 1 aromatic heterocycles. The van der Waals surface area contributed by atoms with Gasteiger partial charge in [0.15, 0.2) is 14.6 Å². The van der Waals surface area contributed by atoms with Crippen molar-refractivity contribution < 1.29 is 31.2 Å². The number of esters is 1. The van der Waals surface area contributed by atoms with Crippen LogP contribution in [0.4, 0.5) is 0 Å². The average Bonchev–Trinajstić information content (AvgIpc) is 3.03. The van der Waals surface area contributed by atoms with Gasteiger partial charge in [0, 0.05) is 19.3 Å². The maximum atomic E-state index is 12.9. The topological polar surface area (TPSA) is 132 Å². The summed E-state index contributed by atoms with van der Waals surface area (Å²) in [6.07, 6.45) is 3.26. The van der Waals surface area contributed by atoms with Gasteiger partial charge in [-0.15, -0.1) is 0 Å². The minimum atomic E-state index is -3.44. The molecule has 2 aromatic rings. The molecule has 1 aliphatic rings. The maximum absolute atomic E-state index is 12.9. The van der Waals surface area contributed by atoms with E-state index in [0.717, 1.165) is 23.8 Å². The Kier molecular flexibility index (Phi) is 7.22. The number of nitrogens with zero attached hydrogens (tertiary/aromatic N) is 3. The first-order valence-electron chi connectivity index (χ1n) is 9.93. The second-order valence-electron chi connectivity index (χ2n) is 7.59. The molecule has 13 heteroatoms. The van der Waals surface area contributed by atoms with E-state index in [4.69, 9.17) is 4.74 Å². The van der Waals surface area contributed by atoms with Crippen LogP contribution in [0.25, 0.3) is 10.2 Å². The standard InChI is InChI=1S/C19H25N3O7S3/c1-4-29-17(23)12-22-15-8-7-14(31(2,25)26)10-16(15)30-19(22)20-18(24)13-6-5-9-21(11-13)32(3,27)28/h7-8,10,13H,4-6,9,11-12H2,1-3H3. The van der Waals surface area contributed by atoms with Gasteiger partial charge >= 0.3 is 5.97 Å². The van der Waals surface area contributed by atoms with Gasteiger partial charge in [-0.3, -0.25) is 9.59 Å². The minimum absolute atomic E-state index is 0.0577. The lowest BCUT2D eigenvalue weighted by atomic mass is 9.99. The summed E-state index contributed by atoms with van der Waals surface area (Å²) in [7, 11) is -6.86. The number of fused-ring (bicyclic) bond motifs is 1. The van der Waals surface area contributed by atoms with E-state index in [2.05, 4.69) is 4.99 Å². The molecular weight excluding hydrogens is 478 g/mol. The molecule has 1 aliphatic heterocycles. The largest absolute Gasteiger partial charge is 0.465 e. The highest BCUT2D eigenvalue weighted by atomic mass is 32.2. The molecule has 1 amide bonds. The first kappa shape index (κ1) is 24.6. The fourth-order valence-corrected chi connectivity index (χ4v) is 6.20. The molecule has 1 atom stereocenters. The smallest absolute Gasteiger partial charge is 0.326 e. The van der Waals surface area contributed by atoms with Crippen LogP contribution in [-0.4, -0.2) is 69.8 Å². The van der Waals surface area contributed by atoms with Crippen molar-refractivity contribution in [2.45, 2.75) is 31.2 Å². The highest BCUT2D eigenvalue weighted by molar-refractivity contribution is 7.90. The van der Waals surface area contributed by atoms with Crippen LogP contribution in [-0.2, 0) is 40.7 Å². The molecule has 2 heterocycles. The van der Waals surface area contributed by atoms with Crippen LogP contribution in [0.2, 0.25) is 0 Å². The molecule has 1 aromatic carbocycles. The van der Waals surface area contributed by atoms with Gasteiger partial charge in [0.2, 0.25) is 10.0 Å². The molecule has 3 rings (SSSR count). The average molecular weight is 504 g/mol. The van der Waals surface area contributed by atoms with Gasteiger partial charge in [0.05, 0.1) is 33.9 Å². The number of hydrogen-bond acceptors (Lipinski definition) is 8. The first-order chi connectivity index (χ1) is 14.9. The number of sulfone groups is 1. The van der Waals surface area contributed by atoms with E-state index in [-0.39, 0.29) is 29.4 Å². The second-order valence-corrected chi connectivity index (χ2v) is 12.6. The van der Waals surface area contributed by atoms with Crippen LogP contribution in [0.3, 0.4) is 0 Å². The van der Waals surface area contributed by atoms with Gasteiger partial charge in [-0.25, -0.2) is 21.1 Å². The van der Waals surface area contributed by atoms with Gasteiger partial charge in [-0.1, -0.05) is 11.3 Å².